The highest BCUT2D eigenvalue weighted by Gasteiger charge is 2.24. The average Bonchev–Trinajstić information content (AvgIpc) is 3.38. The van der Waals surface area contributed by atoms with Gasteiger partial charge in [0.2, 0.25) is 5.91 Å². The number of aliphatic hydroxyl groups excluding tert-OH is 1. The summed E-state index contributed by atoms with van der Waals surface area (Å²) in [4.78, 5) is 25.6. The van der Waals surface area contributed by atoms with Crippen LogP contribution in [0.15, 0.2) is 12.2 Å². The molecule has 1 amide bonds. The first-order valence-electron chi connectivity index (χ1n) is 34.0. The van der Waals surface area contributed by atoms with Crippen LogP contribution in [0.25, 0.3) is 0 Å². The number of allylic oxidation sites excluding steroid dienone is 2. The van der Waals surface area contributed by atoms with Gasteiger partial charge >= 0.3 is 0 Å². The van der Waals surface area contributed by atoms with Crippen molar-refractivity contribution in [2.45, 2.75) is 373 Å². The minimum absolute atomic E-state index is 0.0156. The van der Waals surface area contributed by atoms with Gasteiger partial charge in [0.25, 0.3) is 7.82 Å². The Bertz CT molecular complexity index is 1240. The fraction of sp³-hybridized carbons (Fsp3) is 0.955. The molecular formula is C67H135N2O6P. The first-order valence-corrected chi connectivity index (χ1v) is 35.5. The predicted octanol–water partition coefficient (Wildman–Crippen LogP) is 20.7. The maximum absolute atomic E-state index is 13.0. The number of quaternary nitrogens is 1. The number of phosphoric ester groups is 1. The van der Waals surface area contributed by atoms with Crippen molar-refractivity contribution in [2.24, 2.45) is 0 Å². The van der Waals surface area contributed by atoms with Crippen LogP contribution in [0.4, 0.5) is 0 Å². The van der Waals surface area contributed by atoms with E-state index in [9.17, 15) is 19.4 Å². The van der Waals surface area contributed by atoms with Gasteiger partial charge in [0.05, 0.1) is 39.9 Å². The van der Waals surface area contributed by atoms with E-state index in [0.717, 1.165) is 38.5 Å². The molecular weight excluding hydrogens is 960 g/mol. The van der Waals surface area contributed by atoms with Crippen LogP contribution < -0.4 is 10.2 Å². The monoisotopic (exact) mass is 1100 g/mol. The lowest BCUT2D eigenvalue weighted by Gasteiger charge is -2.30. The number of nitrogens with zero attached hydrogens (tertiary/aromatic N) is 1. The normalized spacial score (nSPS) is 13.7. The lowest BCUT2D eigenvalue weighted by atomic mass is 10.0. The number of carbonyl (C=O) groups is 1. The van der Waals surface area contributed by atoms with E-state index in [1.54, 1.807) is 0 Å². The molecule has 454 valence electrons. The Morgan fingerprint density at radius 3 is 1.03 bits per heavy atom. The maximum Gasteiger partial charge on any atom is 0.268 e. The average molecular weight is 1100 g/mol. The van der Waals surface area contributed by atoms with Gasteiger partial charge in [-0.15, -0.1) is 0 Å². The fourth-order valence-electron chi connectivity index (χ4n) is 10.7. The Morgan fingerprint density at radius 1 is 0.447 bits per heavy atom. The number of unbranched alkanes of at least 4 members (excludes halogenated alkanes) is 49. The smallest absolute Gasteiger partial charge is 0.268 e. The molecule has 0 aromatic heterocycles. The summed E-state index contributed by atoms with van der Waals surface area (Å²) < 4.78 is 23.5. The predicted molar refractivity (Wildman–Crippen MR) is 330 cm³/mol. The van der Waals surface area contributed by atoms with Crippen molar-refractivity contribution in [2.75, 3.05) is 40.9 Å². The Balaban J connectivity index is 3.94. The third-order valence-corrected chi connectivity index (χ3v) is 17.0. The largest absolute Gasteiger partial charge is 0.756 e. The van der Waals surface area contributed by atoms with Crippen molar-refractivity contribution in [1.82, 2.24) is 5.32 Å². The van der Waals surface area contributed by atoms with Crippen LogP contribution in [-0.2, 0) is 18.4 Å². The van der Waals surface area contributed by atoms with E-state index in [4.69, 9.17) is 9.05 Å². The summed E-state index contributed by atoms with van der Waals surface area (Å²) in [5, 5.41) is 14.1. The molecule has 76 heavy (non-hydrogen) atoms. The van der Waals surface area contributed by atoms with Crippen LogP contribution in [0, 0.1) is 0 Å². The molecule has 0 heterocycles. The zero-order chi connectivity index (χ0) is 55.6. The molecule has 8 nitrogen and oxygen atoms in total. The highest BCUT2D eigenvalue weighted by atomic mass is 31.2. The number of phosphoric acid groups is 1. The van der Waals surface area contributed by atoms with Crippen LogP contribution >= 0.6 is 7.82 Å². The van der Waals surface area contributed by atoms with Crippen molar-refractivity contribution in [3.63, 3.8) is 0 Å². The van der Waals surface area contributed by atoms with Crippen molar-refractivity contribution in [3.8, 4) is 0 Å². The molecule has 3 unspecified atom stereocenters. The molecule has 0 saturated heterocycles. The van der Waals surface area contributed by atoms with E-state index >= 15 is 0 Å². The highest BCUT2D eigenvalue weighted by Crippen LogP contribution is 2.38. The molecule has 0 aromatic rings. The highest BCUT2D eigenvalue weighted by molar-refractivity contribution is 7.45. The molecule has 0 bridgehead atoms. The second kappa shape index (κ2) is 58.9. The van der Waals surface area contributed by atoms with Crippen LogP contribution in [0.5, 0.6) is 0 Å². The molecule has 0 fully saturated rings. The lowest BCUT2D eigenvalue weighted by Crippen LogP contribution is -2.46. The van der Waals surface area contributed by atoms with Gasteiger partial charge in [-0.2, -0.15) is 0 Å². The third kappa shape index (κ3) is 60.9. The summed E-state index contributed by atoms with van der Waals surface area (Å²) in [7, 11) is 1.33. The van der Waals surface area contributed by atoms with Gasteiger partial charge in [0, 0.05) is 6.42 Å². The summed E-state index contributed by atoms with van der Waals surface area (Å²) in [6.07, 6.45) is 74.3. The van der Waals surface area contributed by atoms with E-state index < -0.39 is 20.0 Å². The number of nitrogens with one attached hydrogen (secondary N) is 1. The maximum atomic E-state index is 13.0. The Kier molecular flexibility index (Phi) is 58.3. The number of hydrogen-bond donors (Lipinski definition) is 2. The summed E-state index contributed by atoms with van der Waals surface area (Å²) >= 11 is 0. The van der Waals surface area contributed by atoms with Gasteiger partial charge in [0.15, 0.2) is 0 Å². The Hall–Kier alpha value is -0.760. The summed E-state index contributed by atoms with van der Waals surface area (Å²) in [6, 6.07) is -0.798. The van der Waals surface area contributed by atoms with Gasteiger partial charge in [-0.1, -0.05) is 328 Å². The minimum Gasteiger partial charge on any atom is -0.756 e. The van der Waals surface area contributed by atoms with Gasteiger partial charge in [0.1, 0.15) is 13.2 Å². The molecule has 0 saturated carbocycles. The van der Waals surface area contributed by atoms with E-state index in [1.165, 1.54) is 295 Å². The molecule has 0 aliphatic heterocycles. The molecule has 3 atom stereocenters. The van der Waals surface area contributed by atoms with Gasteiger partial charge in [-0.25, -0.2) is 0 Å². The third-order valence-electron chi connectivity index (χ3n) is 16.0. The zero-order valence-corrected chi connectivity index (χ0v) is 52.9. The minimum atomic E-state index is -4.57. The number of aliphatic hydroxyl groups is 1. The van der Waals surface area contributed by atoms with Gasteiger partial charge in [-0.05, 0) is 38.5 Å². The number of carbonyl (C=O) groups excluding carboxylic acids is 1. The molecule has 0 aromatic carbocycles. The number of rotatable bonds is 64. The standard InChI is InChI=1S/C67H135N2O6P/c1-6-8-10-12-14-16-18-20-22-24-26-27-28-29-30-31-32-33-34-35-36-37-38-39-40-41-43-45-47-49-51-53-55-57-59-61-67(71)68-65(64-75-76(72,73)74-63-62-69(3,4)5)66(70)60-58-56-54-52-50-48-46-44-42-25-23-21-19-17-15-13-11-9-7-2/h31-32,65-66,70H,6-30,33-64H2,1-5H3,(H-,68,71,72,73)/b32-31-. The van der Waals surface area contributed by atoms with Crippen LogP contribution in [0.2, 0.25) is 0 Å². The summed E-state index contributed by atoms with van der Waals surface area (Å²) in [5.41, 5.74) is 0. The number of hydrogen-bond acceptors (Lipinski definition) is 6. The van der Waals surface area contributed by atoms with E-state index in [-0.39, 0.29) is 19.1 Å². The first-order chi connectivity index (χ1) is 37.0. The molecule has 9 heteroatoms. The molecule has 0 radical (unpaired) electrons. The van der Waals surface area contributed by atoms with Gasteiger partial charge in [-0.3, -0.25) is 9.36 Å². The number of likely N-dealkylation sites (N-methyl/N-ethyl adjacent to an activating group) is 1. The SMILES string of the molecule is CCCCCCCCCCCCCCCC/C=C\CCCCCCCCCCCCCCCCCCCC(=O)NC(COP(=O)([O-])OCC[N+](C)(C)C)C(O)CCCCCCCCCCCCCCCCCCCCC. The summed E-state index contributed by atoms with van der Waals surface area (Å²) in [6.45, 7) is 4.79. The molecule has 0 spiro atoms. The quantitative estimate of drug-likeness (QED) is 0.0272. The lowest BCUT2D eigenvalue weighted by molar-refractivity contribution is -0.870. The van der Waals surface area contributed by atoms with Crippen LogP contribution in [0.1, 0.15) is 361 Å². The van der Waals surface area contributed by atoms with Crippen molar-refractivity contribution in [1.29, 1.82) is 0 Å². The fourth-order valence-corrected chi connectivity index (χ4v) is 11.4. The Morgan fingerprint density at radius 2 is 0.724 bits per heavy atom. The van der Waals surface area contributed by atoms with E-state index in [0.29, 0.717) is 23.9 Å². The van der Waals surface area contributed by atoms with Gasteiger partial charge < -0.3 is 28.8 Å². The van der Waals surface area contributed by atoms with Crippen molar-refractivity contribution in [3.05, 3.63) is 12.2 Å². The molecule has 0 aliphatic rings. The first kappa shape index (κ1) is 75.2. The van der Waals surface area contributed by atoms with E-state index in [2.05, 4.69) is 31.3 Å². The molecule has 2 N–H and O–H groups in total. The second-order valence-corrected chi connectivity index (χ2v) is 26.3. The number of amides is 1. The zero-order valence-electron chi connectivity index (χ0n) is 52.0. The van der Waals surface area contributed by atoms with E-state index in [1.807, 2.05) is 21.1 Å². The van der Waals surface area contributed by atoms with Crippen molar-refractivity contribution >= 4 is 13.7 Å². The molecule has 0 aliphatic carbocycles. The van der Waals surface area contributed by atoms with Crippen LogP contribution in [0.3, 0.4) is 0 Å². The second-order valence-electron chi connectivity index (χ2n) is 24.9. The molecule has 0 rings (SSSR count). The topological polar surface area (TPSA) is 108 Å². The summed E-state index contributed by atoms with van der Waals surface area (Å²) in [5.74, 6) is -0.156. The van der Waals surface area contributed by atoms with Crippen LogP contribution in [-0.4, -0.2) is 68.5 Å². The van der Waals surface area contributed by atoms with Crippen molar-refractivity contribution < 1.29 is 32.9 Å². The Labute approximate surface area is 475 Å².